The van der Waals surface area contributed by atoms with E-state index in [-0.39, 0.29) is 24.5 Å². The Hall–Kier alpha value is -3.12. The highest BCUT2D eigenvalue weighted by molar-refractivity contribution is 9.10. The summed E-state index contributed by atoms with van der Waals surface area (Å²) in [6.45, 7) is 2.60. The molecule has 4 rings (SSSR count). The van der Waals surface area contributed by atoms with Gasteiger partial charge in [0.1, 0.15) is 11.4 Å². The van der Waals surface area contributed by atoms with Crippen molar-refractivity contribution in [2.45, 2.75) is 38.3 Å². The summed E-state index contributed by atoms with van der Waals surface area (Å²) in [6, 6.07) is 23.3. The molecule has 33 heavy (non-hydrogen) atoms. The Morgan fingerprint density at radius 2 is 1.76 bits per heavy atom. The Balaban J connectivity index is 1.51. The lowest BCUT2D eigenvalue weighted by Crippen LogP contribution is -2.33. The fourth-order valence-electron chi connectivity index (χ4n) is 4.26. The number of hydrogen-bond donors (Lipinski definition) is 1. The van der Waals surface area contributed by atoms with Crippen LogP contribution < -0.4 is 4.74 Å². The molecule has 5 nitrogen and oxygen atoms in total. The van der Waals surface area contributed by atoms with Crippen LogP contribution in [-0.2, 0) is 24.2 Å². The van der Waals surface area contributed by atoms with Gasteiger partial charge in [0.2, 0.25) is 0 Å². The van der Waals surface area contributed by atoms with E-state index in [1.165, 1.54) is 5.56 Å². The van der Waals surface area contributed by atoms with Crippen LogP contribution in [0.4, 0.5) is 0 Å². The highest BCUT2D eigenvalue weighted by Crippen LogP contribution is 2.37. The van der Waals surface area contributed by atoms with Crippen LogP contribution in [0.1, 0.15) is 40.4 Å². The van der Waals surface area contributed by atoms with Crippen LogP contribution in [0.2, 0.25) is 0 Å². The first-order valence-corrected chi connectivity index (χ1v) is 11.7. The summed E-state index contributed by atoms with van der Waals surface area (Å²) in [4.78, 5) is 26.1. The maximum atomic E-state index is 13.3. The summed E-state index contributed by atoms with van der Waals surface area (Å²) in [5.74, 6) is -0.303. The Morgan fingerprint density at radius 1 is 1.03 bits per heavy atom. The number of hydrogen-bond acceptors (Lipinski definition) is 3. The second-order valence-corrected chi connectivity index (χ2v) is 9.63. The van der Waals surface area contributed by atoms with Gasteiger partial charge in [-0.25, -0.2) is 0 Å². The van der Waals surface area contributed by atoms with Crippen LogP contribution in [0.25, 0.3) is 0 Å². The monoisotopic (exact) mass is 507 g/mol. The third kappa shape index (κ3) is 5.82. The summed E-state index contributed by atoms with van der Waals surface area (Å²) < 4.78 is 7.32. The lowest BCUT2D eigenvalue weighted by atomic mass is 9.91. The van der Waals surface area contributed by atoms with Crippen molar-refractivity contribution in [3.05, 3.63) is 99.5 Å². The van der Waals surface area contributed by atoms with Crippen molar-refractivity contribution in [2.24, 2.45) is 0 Å². The molecule has 0 aromatic heterocycles. The third-order valence-electron chi connectivity index (χ3n) is 5.82. The lowest BCUT2D eigenvalue weighted by Gasteiger charge is -2.24. The Morgan fingerprint density at radius 3 is 2.45 bits per heavy atom. The fourth-order valence-corrected chi connectivity index (χ4v) is 4.52. The number of rotatable bonds is 8. The number of fused-ring (bicyclic) bond motifs is 1. The highest BCUT2D eigenvalue weighted by atomic mass is 79.9. The van der Waals surface area contributed by atoms with E-state index in [0.717, 1.165) is 27.8 Å². The van der Waals surface area contributed by atoms with Gasteiger partial charge in [-0.15, -0.1) is 0 Å². The number of amides is 1. The molecule has 0 bridgehead atoms. The summed E-state index contributed by atoms with van der Waals surface area (Å²) in [7, 11) is 0. The third-order valence-corrected chi connectivity index (χ3v) is 6.35. The molecule has 3 aromatic rings. The van der Waals surface area contributed by atoms with Gasteiger partial charge in [-0.05, 0) is 53.9 Å². The topological polar surface area (TPSA) is 66.8 Å². The number of halogens is 1. The molecule has 0 radical (unpaired) electrons. The molecular formula is C27H26BrNO4. The zero-order valence-corrected chi connectivity index (χ0v) is 20.0. The van der Waals surface area contributed by atoms with Crippen LogP contribution in [-0.4, -0.2) is 34.0 Å². The number of carbonyl (C=O) groups is 2. The van der Waals surface area contributed by atoms with E-state index in [4.69, 9.17) is 9.84 Å². The molecule has 1 N–H and O–H groups in total. The van der Waals surface area contributed by atoms with Gasteiger partial charge in [-0.3, -0.25) is 9.59 Å². The minimum Gasteiger partial charge on any atom is -0.487 e. The Labute approximate surface area is 202 Å². The molecule has 0 saturated carbocycles. The number of carboxylic acids is 1. The second kappa shape index (κ2) is 9.79. The number of carboxylic acid groups (broad SMARTS) is 1. The van der Waals surface area contributed by atoms with E-state index in [9.17, 15) is 9.59 Å². The van der Waals surface area contributed by atoms with Gasteiger partial charge in [0.15, 0.2) is 0 Å². The van der Waals surface area contributed by atoms with E-state index in [1.807, 2.05) is 54.6 Å². The highest BCUT2D eigenvalue weighted by Gasteiger charge is 2.35. The molecule has 0 spiro atoms. The van der Waals surface area contributed by atoms with Gasteiger partial charge >= 0.3 is 5.97 Å². The minimum absolute atomic E-state index is 0.0993. The molecule has 170 valence electrons. The van der Waals surface area contributed by atoms with Crippen molar-refractivity contribution in [1.82, 2.24) is 4.90 Å². The van der Waals surface area contributed by atoms with E-state index < -0.39 is 5.97 Å². The molecule has 0 aliphatic carbocycles. The Kier molecular flexibility index (Phi) is 6.84. The first kappa shape index (κ1) is 23.1. The molecule has 0 fully saturated rings. The van der Waals surface area contributed by atoms with Crippen LogP contribution in [0.5, 0.6) is 5.75 Å². The van der Waals surface area contributed by atoms with Crippen LogP contribution in [0, 0.1) is 0 Å². The van der Waals surface area contributed by atoms with E-state index >= 15 is 0 Å². The smallest absolute Gasteiger partial charge is 0.305 e. The number of ether oxygens (including phenoxy) is 1. The van der Waals surface area contributed by atoms with Crippen molar-refractivity contribution in [3.8, 4) is 5.75 Å². The molecular weight excluding hydrogens is 482 g/mol. The molecule has 1 amide bonds. The van der Waals surface area contributed by atoms with Crippen LogP contribution in [0.3, 0.4) is 0 Å². The van der Waals surface area contributed by atoms with Crippen molar-refractivity contribution in [3.63, 3.8) is 0 Å². The largest absolute Gasteiger partial charge is 0.487 e. The Bertz CT molecular complexity index is 1150. The van der Waals surface area contributed by atoms with Gasteiger partial charge in [0.05, 0.1) is 6.42 Å². The quantitative estimate of drug-likeness (QED) is 0.436. The first-order valence-electron chi connectivity index (χ1n) is 10.9. The second-order valence-electron chi connectivity index (χ2n) is 8.71. The normalized spacial score (nSPS) is 16.7. The van der Waals surface area contributed by atoms with Gasteiger partial charge < -0.3 is 14.7 Å². The van der Waals surface area contributed by atoms with Crippen molar-refractivity contribution >= 4 is 27.8 Å². The molecule has 1 aliphatic rings. The fraction of sp³-hybridized carbons (Fsp3) is 0.259. The predicted octanol–water partition coefficient (Wildman–Crippen LogP) is 5.50. The van der Waals surface area contributed by atoms with Crippen LogP contribution in [0.15, 0.2) is 77.3 Å². The number of nitrogens with zero attached hydrogens (tertiary/aromatic N) is 1. The molecule has 1 atom stereocenters. The SMILES string of the molecule is C[C@@]1(Cc2ccc(Br)cc2)Cc2cc(C(=O)N(CCC(=O)O)Cc3ccccc3)ccc2O1. The standard InChI is InChI=1S/C27H26BrNO4/c1-27(16-19-7-10-23(28)11-8-19)17-22-15-21(9-12-24(22)33-27)26(32)29(14-13-25(30)31)18-20-5-3-2-4-6-20/h2-12,15H,13-14,16-18H2,1H3,(H,30,31)/t27-/m1/s1. The number of carbonyl (C=O) groups excluding carboxylic acids is 1. The molecule has 1 heterocycles. The molecule has 0 saturated heterocycles. The zero-order valence-electron chi connectivity index (χ0n) is 18.5. The summed E-state index contributed by atoms with van der Waals surface area (Å²) in [5, 5.41) is 9.14. The molecule has 0 unspecified atom stereocenters. The van der Waals surface area contributed by atoms with E-state index in [0.29, 0.717) is 18.5 Å². The summed E-state index contributed by atoms with van der Waals surface area (Å²) in [5.41, 5.74) is 3.31. The molecule has 3 aromatic carbocycles. The zero-order chi connectivity index (χ0) is 23.4. The molecule has 1 aliphatic heterocycles. The van der Waals surface area contributed by atoms with Gasteiger partial charge in [0.25, 0.3) is 5.91 Å². The van der Waals surface area contributed by atoms with Crippen molar-refractivity contribution < 1.29 is 19.4 Å². The van der Waals surface area contributed by atoms with Crippen LogP contribution >= 0.6 is 15.9 Å². The average molecular weight is 508 g/mol. The van der Waals surface area contributed by atoms with E-state index in [1.54, 1.807) is 11.0 Å². The summed E-state index contributed by atoms with van der Waals surface area (Å²) >= 11 is 3.47. The predicted molar refractivity (Wildman–Crippen MR) is 130 cm³/mol. The number of benzene rings is 3. The van der Waals surface area contributed by atoms with Gasteiger partial charge in [-0.2, -0.15) is 0 Å². The van der Waals surface area contributed by atoms with Crippen molar-refractivity contribution in [2.75, 3.05) is 6.54 Å². The maximum Gasteiger partial charge on any atom is 0.305 e. The van der Waals surface area contributed by atoms with Gasteiger partial charge in [0, 0.05) is 36.0 Å². The number of aliphatic carboxylic acids is 1. The van der Waals surface area contributed by atoms with E-state index in [2.05, 4.69) is 35.0 Å². The first-order chi connectivity index (χ1) is 15.8. The van der Waals surface area contributed by atoms with Gasteiger partial charge in [-0.1, -0.05) is 58.4 Å². The lowest BCUT2D eigenvalue weighted by molar-refractivity contribution is -0.137. The summed E-state index contributed by atoms with van der Waals surface area (Å²) in [6.07, 6.45) is 1.36. The van der Waals surface area contributed by atoms with Crippen molar-refractivity contribution in [1.29, 1.82) is 0 Å². The maximum absolute atomic E-state index is 13.3. The average Bonchev–Trinajstić information content (AvgIpc) is 3.13. The molecule has 6 heteroatoms. The minimum atomic E-state index is -0.924.